The first-order valence-corrected chi connectivity index (χ1v) is 6.96. The standard InChI is InChI=1S/C15H21ClN2O2/c1-15(2,3)14(20)17-8-7-13(19)18-10-11-5-4-6-12(16)9-11/h4-6,9H,7-8,10H2,1-3H3,(H,17,20)(H,18,19). The predicted molar refractivity (Wildman–Crippen MR) is 80.4 cm³/mol. The lowest BCUT2D eigenvalue weighted by Crippen LogP contribution is -2.37. The van der Waals surface area contributed by atoms with E-state index in [0.29, 0.717) is 18.1 Å². The third-order valence-corrected chi connectivity index (χ3v) is 2.93. The molecule has 0 unspecified atom stereocenters. The maximum atomic E-state index is 11.6. The highest BCUT2D eigenvalue weighted by atomic mass is 35.5. The van der Waals surface area contributed by atoms with E-state index in [1.807, 2.05) is 39.0 Å². The van der Waals surface area contributed by atoms with Gasteiger partial charge in [0.2, 0.25) is 11.8 Å². The summed E-state index contributed by atoms with van der Waals surface area (Å²) in [5.74, 6) is -0.153. The Kier molecular flexibility index (Phi) is 6.02. The van der Waals surface area contributed by atoms with Gasteiger partial charge in [-0.3, -0.25) is 9.59 Å². The van der Waals surface area contributed by atoms with Crippen molar-refractivity contribution >= 4 is 23.4 Å². The zero-order valence-electron chi connectivity index (χ0n) is 12.1. The van der Waals surface area contributed by atoms with Crippen molar-refractivity contribution in [3.8, 4) is 0 Å². The second-order valence-corrected chi connectivity index (χ2v) is 6.10. The third kappa shape index (κ3) is 6.06. The van der Waals surface area contributed by atoms with Crippen molar-refractivity contribution in [2.75, 3.05) is 6.54 Å². The maximum Gasteiger partial charge on any atom is 0.225 e. The highest BCUT2D eigenvalue weighted by molar-refractivity contribution is 6.30. The number of hydrogen-bond donors (Lipinski definition) is 2. The maximum absolute atomic E-state index is 11.6. The van der Waals surface area contributed by atoms with Gasteiger partial charge >= 0.3 is 0 Å². The Morgan fingerprint density at radius 3 is 2.50 bits per heavy atom. The molecular formula is C15H21ClN2O2. The molecular weight excluding hydrogens is 276 g/mol. The molecule has 2 N–H and O–H groups in total. The molecule has 0 atom stereocenters. The molecule has 5 heteroatoms. The van der Waals surface area contributed by atoms with Crippen LogP contribution in [0.3, 0.4) is 0 Å². The summed E-state index contributed by atoms with van der Waals surface area (Å²) < 4.78 is 0. The molecule has 0 heterocycles. The lowest BCUT2D eigenvalue weighted by atomic mass is 9.96. The van der Waals surface area contributed by atoms with Crippen molar-refractivity contribution in [2.24, 2.45) is 5.41 Å². The normalized spacial score (nSPS) is 11.0. The summed E-state index contributed by atoms with van der Waals surface area (Å²) in [6.07, 6.45) is 0.266. The van der Waals surface area contributed by atoms with E-state index in [-0.39, 0.29) is 18.2 Å². The molecule has 2 amide bonds. The lowest BCUT2D eigenvalue weighted by Gasteiger charge is -2.17. The number of carbonyl (C=O) groups excluding carboxylic acids is 2. The molecule has 0 aliphatic carbocycles. The summed E-state index contributed by atoms with van der Waals surface area (Å²) in [6.45, 7) is 6.29. The average molecular weight is 297 g/mol. The van der Waals surface area contributed by atoms with E-state index >= 15 is 0 Å². The number of hydrogen-bond acceptors (Lipinski definition) is 2. The second kappa shape index (κ2) is 7.29. The summed E-state index contributed by atoms with van der Waals surface area (Å²) in [4.78, 5) is 23.2. The van der Waals surface area contributed by atoms with Crippen LogP contribution in [0.25, 0.3) is 0 Å². The number of nitrogens with one attached hydrogen (secondary N) is 2. The molecule has 0 bridgehead atoms. The third-order valence-electron chi connectivity index (χ3n) is 2.70. The summed E-state index contributed by atoms with van der Waals surface area (Å²) in [5.41, 5.74) is 0.515. The van der Waals surface area contributed by atoms with Crippen molar-refractivity contribution in [3.05, 3.63) is 34.9 Å². The Bertz CT molecular complexity index is 481. The molecule has 0 aromatic heterocycles. The Morgan fingerprint density at radius 1 is 1.20 bits per heavy atom. The second-order valence-electron chi connectivity index (χ2n) is 5.66. The van der Waals surface area contributed by atoms with Crippen LogP contribution in [0.4, 0.5) is 0 Å². The van der Waals surface area contributed by atoms with E-state index in [2.05, 4.69) is 10.6 Å². The highest BCUT2D eigenvalue weighted by Gasteiger charge is 2.20. The van der Waals surface area contributed by atoms with Gasteiger partial charge in [-0.2, -0.15) is 0 Å². The van der Waals surface area contributed by atoms with Gasteiger partial charge in [0.15, 0.2) is 0 Å². The van der Waals surface area contributed by atoms with Crippen molar-refractivity contribution in [2.45, 2.75) is 33.7 Å². The van der Waals surface area contributed by atoms with Crippen LogP contribution in [0, 0.1) is 5.41 Å². The van der Waals surface area contributed by atoms with Gasteiger partial charge in [0.1, 0.15) is 0 Å². The molecule has 0 fully saturated rings. The van der Waals surface area contributed by atoms with Crippen LogP contribution < -0.4 is 10.6 Å². The van der Waals surface area contributed by atoms with Gasteiger partial charge in [-0.05, 0) is 17.7 Å². The summed E-state index contributed by atoms with van der Waals surface area (Å²) in [6, 6.07) is 7.33. The van der Waals surface area contributed by atoms with Crippen molar-refractivity contribution in [1.29, 1.82) is 0 Å². The molecule has 4 nitrogen and oxygen atoms in total. The molecule has 1 aromatic carbocycles. The predicted octanol–water partition coefficient (Wildman–Crippen LogP) is 2.51. The zero-order chi connectivity index (χ0) is 15.2. The van der Waals surface area contributed by atoms with Crippen LogP contribution in [0.2, 0.25) is 5.02 Å². The summed E-state index contributed by atoms with van der Waals surface area (Å²) >= 11 is 5.86. The number of halogens is 1. The fraction of sp³-hybridized carbons (Fsp3) is 0.467. The van der Waals surface area contributed by atoms with Crippen molar-refractivity contribution in [1.82, 2.24) is 10.6 Å². The van der Waals surface area contributed by atoms with Crippen LogP contribution >= 0.6 is 11.6 Å². The van der Waals surface area contributed by atoms with Crippen LogP contribution in [-0.2, 0) is 16.1 Å². The van der Waals surface area contributed by atoms with Gasteiger partial charge in [-0.15, -0.1) is 0 Å². The van der Waals surface area contributed by atoms with Gasteiger partial charge in [-0.25, -0.2) is 0 Å². The molecule has 1 rings (SSSR count). The Balaban J connectivity index is 2.26. The van der Waals surface area contributed by atoms with Gasteiger partial charge in [0.05, 0.1) is 0 Å². The first kappa shape index (κ1) is 16.5. The minimum absolute atomic E-state index is 0.0554. The molecule has 110 valence electrons. The number of amides is 2. The molecule has 20 heavy (non-hydrogen) atoms. The van der Waals surface area contributed by atoms with E-state index < -0.39 is 5.41 Å². The van der Waals surface area contributed by atoms with E-state index in [4.69, 9.17) is 11.6 Å². The molecule has 0 radical (unpaired) electrons. The van der Waals surface area contributed by atoms with E-state index in [1.165, 1.54) is 0 Å². The molecule has 0 aliphatic heterocycles. The molecule has 0 spiro atoms. The smallest absolute Gasteiger partial charge is 0.225 e. The van der Waals surface area contributed by atoms with Crippen molar-refractivity contribution in [3.63, 3.8) is 0 Å². The minimum atomic E-state index is -0.433. The van der Waals surface area contributed by atoms with Crippen LogP contribution in [0.1, 0.15) is 32.8 Å². The van der Waals surface area contributed by atoms with Crippen molar-refractivity contribution < 1.29 is 9.59 Å². The quantitative estimate of drug-likeness (QED) is 0.877. The molecule has 0 aliphatic rings. The number of benzene rings is 1. The van der Waals surface area contributed by atoms with E-state index in [0.717, 1.165) is 5.56 Å². The Labute approximate surface area is 124 Å². The fourth-order valence-corrected chi connectivity index (χ4v) is 1.70. The largest absolute Gasteiger partial charge is 0.355 e. The van der Waals surface area contributed by atoms with Crippen LogP contribution in [0.15, 0.2) is 24.3 Å². The Hall–Kier alpha value is -1.55. The van der Waals surface area contributed by atoms with Gasteiger partial charge < -0.3 is 10.6 Å². The molecule has 0 saturated carbocycles. The summed E-state index contributed by atoms with van der Waals surface area (Å²) in [7, 11) is 0. The van der Waals surface area contributed by atoms with E-state index in [1.54, 1.807) is 6.07 Å². The highest BCUT2D eigenvalue weighted by Crippen LogP contribution is 2.12. The fourth-order valence-electron chi connectivity index (χ4n) is 1.49. The first-order valence-electron chi connectivity index (χ1n) is 6.58. The first-order chi connectivity index (χ1) is 9.29. The SMILES string of the molecule is CC(C)(C)C(=O)NCCC(=O)NCc1cccc(Cl)c1. The zero-order valence-corrected chi connectivity index (χ0v) is 12.9. The molecule has 0 saturated heterocycles. The minimum Gasteiger partial charge on any atom is -0.355 e. The monoisotopic (exact) mass is 296 g/mol. The molecule has 1 aromatic rings. The van der Waals surface area contributed by atoms with Gasteiger partial charge in [0.25, 0.3) is 0 Å². The van der Waals surface area contributed by atoms with Crippen LogP contribution in [-0.4, -0.2) is 18.4 Å². The summed E-state index contributed by atoms with van der Waals surface area (Å²) in [5, 5.41) is 6.18. The average Bonchev–Trinajstić information content (AvgIpc) is 2.35. The number of carbonyl (C=O) groups is 2. The van der Waals surface area contributed by atoms with Gasteiger partial charge in [0, 0.05) is 29.9 Å². The van der Waals surface area contributed by atoms with Crippen LogP contribution in [0.5, 0.6) is 0 Å². The van der Waals surface area contributed by atoms with Gasteiger partial charge in [-0.1, -0.05) is 44.5 Å². The Morgan fingerprint density at radius 2 is 1.90 bits per heavy atom. The lowest BCUT2D eigenvalue weighted by molar-refractivity contribution is -0.128. The topological polar surface area (TPSA) is 58.2 Å². The number of rotatable bonds is 5. The van der Waals surface area contributed by atoms with E-state index in [9.17, 15) is 9.59 Å².